The van der Waals surface area contributed by atoms with Crippen LogP contribution in [0.5, 0.6) is 0 Å². The summed E-state index contributed by atoms with van der Waals surface area (Å²) >= 11 is 0. The molecule has 0 aliphatic heterocycles. The molecule has 1 amide bonds. The van der Waals surface area contributed by atoms with Crippen LogP contribution < -0.4 is 5.32 Å². The first-order valence-electron chi connectivity index (χ1n) is 7.01. The molecule has 0 radical (unpaired) electrons. The summed E-state index contributed by atoms with van der Waals surface area (Å²) in [5.41, 5.74) is 3.09. The number of rotatable bonds is 4. The highest BCUT2D eigenvalue weighted by molar-refractivity contribution is 5.98. The summed E-state index contributed by atoms with van der Waals surface area (Å²) in [5.74, 6) is -0.445. The number of nitrogens with one attached hydrogen (secondary N) is 1. The van der Waals surface area contributed by atoms with Crippen molar-refractivity contribution in [3.05, 3.63) is 74.8 Å². The second-order valence-corrected chi connectivity index (χ2v) is 5.39. The number of carbonyl (C=O) groups is 1. The van der Waals surface area contributed by atoms with Crippen molar-refractivity contribution in [1.29, 1.82) is 0 Å². The molecule has 114 valence electrons. The van der Waals surface area contributed by atoms with Crippen LogP contribution in [0, 0.1) is 24.0 Å². The molecule has 0 spiro atoms. The molecule has 1 N–H and O–H groups in total. The first-order chi connectivity index (χ1) is 10.4. The minimum absolute atomic E-state index is 0.0729. The van der Waals surface area contributed by atoms with E-state index in [2.05, 4.69) is 11.4 Å². The van der Waals surface area contributed by atoms with Gasteiger partial charge in [-0.05, 0) is 32.4 Å². The zero-order valence-corrected chi connectivity index (χ0v) is 12.8. The van der Waals surface area contributed by atoms with E-state index < -0.39 is 10.8 Å². The van der Waals surface area contributed by atoms with Gasteiger partial charge in [0.05, 0.1) is 11.0 Å². The van der Waals surface area contributed by atoms with E-state index in [9.17, 15) is 14.9 Å². The molecule has 5 heteroatoms. The maximum absolute atomic E-state index is 12.3. The molecule has 0 aliphatic rings. The first kappa shape index (κ1) is 15.7. The number of amides is 1. The minimum Gasteiger partial charge on any atom is -0.345 e. The standard InChI is InChI=1S/C17H18N2O3/c1-11-8-12(2)10-14(9-11)13(3)18-17(20)15-6-4-5-7-16(15)19(21)22/h4-10,13H,1-3H3,(H,18,20). The maximum atomic E-state index is 12.3. The third-order valence-electron chi connectivity index (χ3n) is 3.44. The summed E-state index contributed by atoms with van der Waals surface area (Å²) in [4.78, 5) is 22.8. The monoisotopic (exact) mass is 298 g/mol. The Hall–Kier alpha value is -2.69. The number of benzene rings is 2. The van der Waals surface area contributed by atoms with Crippen molar-refractivity contribution in [3.63, 3.8) is 0 Å². The molecule has 22 heavy (non-hydrogen) atoms. The van der Waals surface area contributed by atoms with Gasteiger partial charge in [-0.2, -0.15) is 0 Å². The van der Waals surface area contributed by atoms with Gasteiger partial charge in [0, 0.05) is 6.07 Å². The van der Waals surface area contributed by atoms with Gasteiger partial charge in [-0.25, -0.2) is 0 Å². The molecule has 0 heterocycles. The summed E-state index contributed by atoms with van der Waals surface area (Å²) < 4.78 is 0. The fourth-order valence-corrected chi connectivity index (χ4v) is 2.44. The summed E-state index contributed by atoms with van der Waals surface area (Å²) in [5, 5.41) is 13.8. The summed E-state index contributed by atoms with van der Waals surface area (Å²) in [6, 6.07) is 11.8. The highest BCUT2D eigenvalue weighted by Gasteiger charge is 2.20. The predicted molar refractivity (Wildman–Crippen MR) is 84.9 cm³/mol. The van der Waals surface area contributed by atoms with E-state index in [1.807, 2.05) is 32.9 Å². The number of aryl methyl sites for hydroxylation is 2. The molecular formula is C17H18N2O3. The highest BCUT2D eigenvalue weighted by Crippen LogP contribution is 2.20. The number of carbonyl (C=O) groups excluding carboxylic acids is 1. The van der Waals surface area contributed by atoms with Gasteiger partial charge >= 0.3 is 0 Å². The number of hydrogen-bond acceptors (Lipinski definition) is 3. The molecule has 0 fully saturated rings. The van der Waals surface area contributed by atoms with E-state index in [0.717, 1.165) is 16.7 Å². The number of nitrogens with zero attached hydrogens (tertiary/aromatic N) is 1. The molecule has 1 atom stereocenters. The SMILES string of the molecule is Cc1cc(C)cc(C(C)NC(=O)c2ccccc2[N+](=O)[O-])c1. The normalized spacial score (nSPS) is 11.8. The lowest BCUT2D eigenvalue weighted by Gasteiger charge is -2.16. The molecule has 0 aromatic heterocycles. The average Bonchev–Trinajstić information content (AvgIpc) is 2.46. The average molecular weight is 298 g/mol. The van der Waals surface area contributed by atoms with Crippen molar-refractivity contribution in [1.82, 2.24) is 5.32 Å². The van der Waals surface area contributed by atoms with Gasteiger partial charge in [0.15, 0.2) is 0 Å². The molecule has 0 aliphatic carbocycles. The smallest absolute Gasteiger partial charge is 0.282 e. The van der Waals surface area contributed by atoms with E-state index in [1.54, 1.807) is 12.1 Å². The van der Waals surface area contributed by atoms with Crippen molar-refractivity contribution < 1.29 is 9.72 Å². The van der Waals surface area contributed by atoms with Crippen molar-refractivity contribution in [2.45, 2.75) is 26.8 Å². The van der Waals surface area contributed by atoms with Crippen LogP contribution in [0.4, 0.5) is 5.69 Å². The van der Waals surface area contributed by atoms with E-state index >= 15 is 0 Å². The molecule has 2 aromatic carbocycles. The molecule has 5 nitrogen and oxygen atoms in total. The molecule has 2 aromatic rings. The van der Waals surface area contributed by atoms with Crippen LogP contribution in [-0.4, -0.2) is 10.8 Å². The summed E-state index contributed by atoms with van der Waals surface area (Å²) in [6.07, 6.45) is 0. The van der Waals surface area contributed by atoms with Crippen LogP contribution in [0.1, 0.15) is 40.0 Å². The van der Waals surface area contributed by atoms with Crippen molar-refractivity contribution in [3.8, 4) is 0 Å². The lowest BCUT2D eigenvalue weighted by Crippen LogP contribution is -2.27. The Morgan fingerprint density at radius 3 is 2.32 bits per heavy atom. The zero-order valence-electron chi connectivity index (χ0n) is 12.8. The molecular weight excluding hydrogens is 280 g/mol. The highest BCUT2D eigenvalue weighted by atomic mass is 16.6. The van der Waals surface area contributed by atoms with Gasteiger partial charge in [-0.3, -0.25) is 14.9 Å². The quantitative estimate of drug-likeness (QED) is 0.691. The maximum Gasteiger partial charge on any atom is 0.282 e. The van der Waals surface area contributed by atoms with Crippen molar-refractivity contribution in [2.24, 2.45) is 0 Å². The lowest BCUT2D eigenvalue weighted by molar-refractivity contribution is -0.385. The van der Waals surface area contributed by atoms with E-state index in [4.69, 9.17) is 0 Å². The topological polar surface area (TPSA) is 72.2 Å². The summed E-state index contributed by atoms with van der Waals surface area (Å²) in [6.45, 7) is 5.85. The van der Waals surface area contributed by atoms with Gasteiger partial charge in [0.1, 0.15) is 5.56 Å². The van der Waals surface area contributed by atoms with E-state index in [0.29, 0.717) is 0 Å². The Bertz CT molecular complexity index is 705. The van der Waals surface area contributed by atoms with Gasteiger partial charge in [0.25, 0.3) is 11.6 Å². The Balaban J connectivity index is 2.23. The van der Waals surface area contributed by atoms with Crippen molar-refractivity contribution in [2.75, 3.05) is 0 Å². The molecule has 1 unspecified atom stereocenters. The number of para-hydroxylation sites is 1. The second kappa shape index (κ2) is 6.39. The Morgan fingerprint density at radius 2 is 1.73 bits per heavy atom. The Kier molecular flexibility index (Phi) is 4.56. The lowest BCUT2D eigenvalue weighted by atomic mass is 10.0. The van der Waals surface area contributed by atoms with Gasteiger partial charge < -0.3 is 5.32 Å². The largest absolute Gasteiger partial charge is 0.345 e. The van der Waals surface area contributed by atoms with Crippen LogP contribution >= 0.6 is 0 Å². The summed E-state index contributed by atoms with van der Waals surface area (Å²) in [7, 11) is 0. The Morgan fingerprint density at radius 1 is 1.14 bits per heavy atom. The third kappa shape index (κ3) is 3.49. The van der Waals surface area contributed by atoms with Gasteiger partial charge in [-0.1, -0.05) is 41.5 Å². The van der Waals surface area contributed by atoms with Gasteiger partial charge in [0.2, 0.25) is 0 Å². The fourth-order valence-electron chi connectivity index (χ4n) is 2.44. The molecule has 0 saturated heterocycles. The second-order valence-electron chi connectivity index (χ2n) is 5.39. The molecule has 0 bridgehead atoms. The van der Waals surface area contributed by atoms with Crippen LogP contribution in [0.15, 0.2) is 42.5 Å². The zero-order chi connectivity index (χ0) is 16.3. The fraction of sp³-hybridized carbons (Fsp3) is 0.235. The molecule has 0 saturated carbocycles. The van der Waals surface area contributed by atoms with Crippen LogP contribution in [-0.2, 0) is 0 Å². The van der Waals surface area contributed by atoms with Gasteiger partial charge in [-0.15, -0.1) is 0 Å². The third-order valence-corrected chi connectivity index (χ3v) is 3.44. The number of nitro benzene ring substituents is 1. The molecule has 2 rings (SSSR count). The Labute approximate surface area is 129 Å². The minimum atomic E-state index is -0.545. The van der Waals surface area contributed by atoms with E-state index in [1.165, 1.54) is 12.1 Å². The predicted octanol–water partition coefficient (Wildman–Crippen LogP) is 3.70. The van der Waals surface area contributed by atoms with Crippen LogP contribution in [0.25, 0.3) is 0 Å². The van der Waals surface area contributed by atoms with Crippen LogP contribution in [0.2, 0.25) is 0 Å². The first-order valence-corrected chi connectivity index (χ1v) is 7.01. The number of hydrogen-bond donors (Lipinski definition) is 1. The number of nitro groups is 1. The van der Waals surface area contributed by atoms with Crippen LogP contribution in [0.3, 0.4) is 0 Å². The van der Waals surface area contributed by atoms with Crippen molar-refractivity contribution >= 4 is 11.6 Å². The van der Waals surface area contributed by atoms with E-state index in [-0.39, 0.29) is 17.3 Å².